The number of esters is 1. The zero-order valence-electron chi connectivity index (χ0n) is 17.4. The molecule has 4 rings (SSSR count). The SMILES string of the molecule is COC(=O)c1cccc(C(=O)c2c(-c3ccc(OC(F)(F)F)cc3)nn3cc(C)ccc23)n1. The second kappa shape index (κ2) is 8.38. The molecule has 3 heterocycles. The van der Waals surface area contributed by atoms with Gasteiger partial charge < -0.3 is 9.47 Å². The molecular weight excluding hydrogens is 439 g/mol. The molecule has 7 nitrogen and oxygen atoms in total. The van der Waals surface area contributed by atoms with Crippen LogP contribution in [0, 0.1) is 6.92 Å². The van der Waals surface area contributed by atoms with Gasteiger partial charge in [0.15, 0.2) is 0 Å². The number of methoxy groups -OCH3 is 1. The van der Waals surface area contributed by atoms with E-state index in [0.717, 1.165) is 17.7 Å². The number of hydrogen-bond acceptors (Lipinski definition) is 6. The lowest BCUT2D eigenvalue weighted by Crippen LogP contribution is -2.16. The van der Waals surface area contributed by atoms with Gasteiger partial charge in [0.2, 0.25) is 5.78 Å². The second-order valence-electron chi connectivity index (χ2n) is 7.06. The summed E-state index contributed by atoms with van der Waals surface area (Å²) in [5, 5.41) is 4.48. The van der Waals surface area contributed by atoms with Crippen molar-refractivity contribution < 1.29 is 32.2 Å². The molecule has 0 radical (unpaired) electrons. The number of benzene rings is 1. The van der Waals surface area contributed by atoms with Crippen LogP contribution in [0.25, 0.3) is 16.8 Å². The van der Waals surface area contributed by atoms with Gasteiger partial charge in [0, 0.05) is 11.8 Å². The quantitative estimate of drug-likeness (QED) is 0.323. The van der Waals surface area contributed by atoms with Crippen LogP contribution < -0.4 is 4.74 Å². The van der Waals surface area contributed by atoms with Crippen molar-refractivity contribution in [3.8, 4) is 17.0 Å². The van der Waals surface area contributed by atoms with Gasteiger partial charge in [-0.05, 0) is 55.0 Å². The number of aryl methyl sites for hydroxylation is 1. The van der Waals surface area contributed by atoms with E-state index >= 15 is 0 Å². The average molecular weight is 455 g/mol. The Morgan fingerprint density at radius 1 is 0.970 bits per heavy atom. The molecule has 0 amide bonds. The smallest absolute Gasteiger partial charge is 0.464 e. The molecule has 0 saturated heterocycles. The molecular formula is C23H16F3N3O4. The van der Waals surface area contributed by atoms with Gasteiger partial charge in [-0.1, -0.05) is 12.1 Å². The van der Waals surface area contributed by atoms with E-state index in [9.17, 15) is 22.8 Å². The Morgan fingerprint density at radius 2 is 1.67 bits per heavy atom. The molecule has 3 aromatic heterocycles. The maximum Gasteiger partial charge on any atom is 0.573 e. The molecule has 0 aliphatic heterocycles. The molecule has 0 saturated carbocycles. The summed E-state index contributed by atoms with van der Waals surface area (Å²) in [5.41, 5.74) is 2.15. The van der Waals surface area contributed by atoms with Crippen molar-refractivity contribution in [2.24, 2.45) is 0 Å². The topological polar surface area (TPSA) is 82.8 Å². The summed E-state index contributed by atoms with van der Waals surface area (Å²) in [5.74, 6) is -1.60. The first-order valence-electron chi connectivity index (χ1n) is 9.61. The number of carbonyl (C=O) groups excluding carboxylic acids is 2. The monoisotopic (exact) mass is 455 g/mol. The van der Waals surface area contributed by atoms with Crippen LogP contribution in [0.15, 0.2) is 60.8 Å². The fraction of sp³-hybridized carbons (Fsp3) is 0.130. The van der Waals surface area contributed by atoms with E-state index in [1.165, 1.54) is 42.0 Å². The molecule has 0 fully saturated rings. The Kier molecular flexibility index (Phi) is 5.59. The van der Waals surface area contributed by atoms with Crippen molar-refractivity contribution in [2.75, 3.05) is 7.11 Å². The highest BCUT2D eigenvalue weighted by molar-refractivity contribution is 6.16. The first kappa shape index (κ1) is 22.0. The standard InChI is InChI=1S/C23H16F3N3O4/c1-13-6-11-18-19(21(30)16-4-3-5-17(27-16)22(31)32-2)20(28-29(18)12-13)14-7-9-15(10-8-14)33-23(24,25)26/h3-12H,1-2H3. The predicted molar refractivity (Wildman–Crippen MR) is 111 cm³/mol. The van der Waals surface area contributed by atoms with Crippen LogP contribution in [-0.2, 0) is 4.74 Å². The number of nitrogens with zero attached hydrogens (tertiary/aromatic N) is 3. The molecule has 0 bridgehead atoms. The number of alkyl halides is 3. The number of aromatic nitrogens is 3. The zero-order valence-corrected chi connectivity index (χ0v) is 17.4. The van der Waals surface area contributed by atoms with Gasteiger partial charge in [-0.2, -0.15) is 5.10 Å². The summed E-state index contributed by atoms with van der Waals surface area (Å²) in [7, 11) is 1.20. The summed E-state index contributed by atoms with van der Waals surface area (Å²) >= 11 is 0. The summed E-state index contributed by atoms with van der Waals surface area (Å²) < 4.78 is 47.6. The maximum atomic E-state index is 13.5. The fourth-order valence-corrected chi connectivity index (χ4v) is 3.30. The predicted octanol–water partition coefficient (Wildman–Crippen LogP) is 4.62. The van der Waals surface area contributed by atoms with Crippen molar-refractivity contribution in [3.05, 3.63) is 83.3 Å². The summed E-state index contributed by atoms with van der Waals surface area (Å²) in [6.07, 6.45) is -3.10. The minimum absolute atomic E-state index is 0.00773. The number of rotatable bonds is 5. The van der Waals surface area contributed by atoms with Crippen LogP contribution in [0.4, 0.5) is 13.2 Å². The summed E-state index contributed by atoms with van der Waals surface area (Å²) in [6, 6.07) is 12.9. The molecule has 10 heteroatoms. The molecule has 4 aromatic rings. The second-order valence-corrected chi connectivity index (χ2v) is 7.06. The third-order valence-electron chi connectivity index (χ3n) is 4.74. The van der Waals surface area contributed by atoms with Gasteiger partial charge >= 0.3 is 12.3 Å². The highest BCUT2D eigenvalue weighted by Crippen LogP contribution is 2.31. The van der Waals surface area contributed by atoms with Crippen molar-refractivity contribution in [2.45, 2.75) is 13.3 Å². The molecule has 0 atom stereocenters. The first-order chi connectivity index (χ1) is 15.7. The fourth-order valence-electron chi connectivity index (χ4n) is 3.30. The number of fused-ring (bicyclic) bond motifs is 1. The van der Waals surface area contributed by atoms with Crippen LogP contribution in [0.3, 0.4) is 0 Å². The Bertz CT molecular complexity index is 1360. The van der Waals surface area contributed by atoms with E-state index in [0.29, 0.717) is 11.1 Å². The van der Waals surface area contributed by atoms with E-state index in [2.05, 4.69) is 19.6 Å². The van der Waals surface area contributed by atoms with Crippen LogP contribution in [-0.4, -0.2) is 39.8 Å². The Morgan fingerprint density at radius 3 is 2.33 bits per heavy atom. The number of ether oxygens (including phenoxy) is 2. The van der Waals surface area contributed by atoms with Gasteiger partial charge in [0.1, 0.15) is 22.8 Å². The maximum absolute atomic E-state index is 13.5. The van der Waals surface area contributed by atoms with E-state index < -0.39 is 23.9 Å². The molecule has 168 valence electrons. The van der Waals surface area contributed by atoms with E-state index in [-0.39, 0.29) is 22.6 Å². The average Bonchev–Trinajstić information content (AvgIpc) is 3.16. The third kappa shape index (κ3) is 4.54. The van der Waals surface area contributed by atoms with Gasteiger partial charge in [-0.25, -0.2) is 14.3 Å². The highest BCUT2D eigenvalue weighted by atomic mass is 19.4. The molecule has 0 spiro atoms. The molecule has 1 aromatic carbocycles. The molecule has 33 heavy (non-hydrogen) atoms. The van der Waals surface area contributed by atoms with E-state index in [1.54, 1.807) is 18.3 Å². The molecule has 0 unspecified atom stereocenters. The Hall–Kier alpha value is -4.21. The first-order valence-corrected chi connectivity index (χ1v) is 9.61. The number of halogens is 3. The van der Waals surface area contributed by atoms with Gasteiger partial charge in [0.05, 0.1) is 18.2 Å². The van der Waals surface area contributed by atoms with Crippen LogP contribution in [0.2, 0.25) is 0 Å². The summed E-state index contributed by atoms with van der Waals surface area (Å²) in [4.78, 5) is 29.4. The highest BCUT2D eigenvalue weighted by Gasteiger charge is 2.31. The largest absolute Gasteiger partial charge is 0.573 e. The van der Waals surface area contributed by atoms with E-state index in [4.69, 9.17) is 0 Å². The van der Waals surface area contributed by atoms with Crippen molar-refractivity contribution in [1.29, 1.82) is 0 Å². The van der Waals surface area contributed by atoms with E-state index in [1.807, 2.05) is 6.92 Å². The lowest BCUT2D eigenvalue weighted by atomic mass is 10.0. The van der Waals surface area contributed by atoms with Gasteiger partial charge in [0.25, 0.3) is 0 Å². The third-order valence-corrected chi connectivity index (χ3v) is 4.74. The van der Waals surface area contributed by atoms with Crippen molar-refractivity contribution in [3.63, 3.8) is 0 Å². The van der Waals surface area contributed by atoms with Gasteiger partial charge in [-0.15, -0.1) is 13.2 Å². The summed E-state index contributed by atoms with van der Waals surface area (Å²) in [6.45, 7) is 1.85. The minimum Gasteiger partial charge on any atom is -0.464 e. The molecule has 0 aliphatic carbocycles. The number of carbonyl (C=O) groups is 2. The Labute approximate surface area is 185 Å². The molecule has 0 aliphatic rings. The van der Waals surface area contributed by atoms with Crippen molar-refractivity contribution >= 4 is 17.3 Å². The number of hydrogen-bond donors (Lipinski definition) is 0. The molecule has 0 N–H and O–H groups in total. The normalized spacial score (nSPS) is 11.4. The lowest BCUT2D eigenvalue weighted by Gasteiger charge is -2.09. The van der Waals surface area contributed by atoms with Crippen molar-refractivity contribution in [1.82, 2.24) is 14.6 Å². The lowest BCUT2D eigenvalue weighted by molar-refractivity contribution is -0.274. The minimum atomic E-state index is -4.82. The van der Waals surface area contributed by atoms with Crippen LogP contribution in [0.5, 0.6) is 5.75 Å². The van der Waals surface area contributed by atoms with Gasteiger partial charge in [-0.3, -0.25) is 4.79 Å². The zero-order chi connectivity index (χ0) is 23.8. The Balaban J connectivity index is 1.84. The number of ketones is 1. The van der Waals surface area contributed by atoms with Crippen LogP contribution in [0.1, 0.15) is 32.1 Å². The van der Waals surface area contributed by atoms with Crippen LogP contribution >= 0.6 is 0 Å². The number of pyridine rings is 2.